The molecule has 0 saturated carbocycles. The van der Waals surface area contributed by atoms with Crippen molar-refractivity contribution in [3.05, 3.63) is 30.2 Å². The van der Waals surface area contributed by atoms with Crippen LogP contribution in [0.3, 0.4) is 0 Å². The number of nitrogens with one attached hydrogen (secondary N) is 1. The maximum absolute atomic E-state index is 9.40. The molecule has 2 aliphatic heterocycles. The summed E-state index contributed by atoms with van der Waals surface area (Å²) in [5.41, 5.74) is 1.26. The second-order valence-corrected chi connectivity index (χ2v) is 5.79. The summed E-state index contributed by atoms with van der Waals surface area (Å²) in [6, 6.07) is 0. The molecular formula is C15H23N3O2. The molecule has 2 aliphatic rings. The van der Waals surface area contributed by atoms with Gasteiger partial charge >= 0.3 is 0 Å². The van der Waals surface area contributed by atoms with Gasteiger partial charge in [-0.05, 0) is 32.3 Å². The van der Waals surface area contributed by atoms with Crippen LogP contribution >= 0.6 is 0 Å². The number of aromatic nitrogens is 2. The van der Waals surface area contributed by atoms with E-state index in [-0.39, 0.29) is 5.88 Å². The van der Waals surface area contributed by atoms with E-state index in [0.717, 1.165) is 57.8 Å². The number of likely N-dealkylation sites (tertiary alicyclic amines) is 1. The van der Waals surface area contributed by atoms with Gasteiger partial charge in [-0.1, -0.05) is 0 Å². The number of aromatic amines is 1. The van der Waals surface area contributed by atoms with Crippen molar-refractivity contribution in [1.82, 2.24) is 14.9 Å². The average Bonchev–Trinajstić information content (AvgIpc) is 2.98. The lowest BCUT2D eigenvalue weighted by Crippen LogP contribution is -2.32. The molecule has 0 unspecified atom stereocenters. The molecule has 5 heteroatoms. The molecule has 0 aromatic carbocycles. The molecule has 1 aromatic rings. The first kappa shape index (κ1) is 13.5. The fraction of sp³-hybridized carbons (Fsp3) is 0.667. The van der Waals surface area contributed by atoms with Crippen molar-refractivity contribution in [2.75, 3.05) is 26.3 Å². The van der Waals surface area contributed by atoms with Crippen LogP contribution < -0.4 is 0 Å². The maximum atomic E-state index is 9.40. The molecule has 0 aliphatic carbocycles. The summed E-state index contributed by atoms with van der Waals surface area (Å²) in [5, 5.41) is 9.40. The third-order valence-corrected chi connectivity index (χ3v) is 4.52. The highest BCUT2D eigenvalue weighted by molar-refractivity contribution is 5.12. The van der Waals surface area contributed by atoms with E-state index in [0.29, 0.717) is 11.8 Å². The minimum absolute atomic E-state index is 0.186. The van der Waals surface area contributed by atoms with Gasteiger partial charge in [0.1, 0.15) is 5.82 Å². The molecule has 0 radical (unpaired) electrons. The standard InChI is InChI=1S/C15H23N3O2/c1-11(19)18-6-2-13(3-7-18)15-16-10-14(17-15)12-4-8-20-9-5-12/h10,12-13,19H,1-9H2,(H,16,17). The molecule has 3 rings (SSSR count). The van der Waals surface area contributed by atoms with Gasteiger partial charge in [0.15, 0.2) is 5.88 Å². The van der Waals surface area contributed by atoms with Crippen molar-refractivity contribution in [2.24, 2.45) is 0 Å². The third kappa shape index (κ3) is 2.82. The van der Waals surface area contributed by atoms with E-state index < -0.39 is 0 Å². The van der Waals surface area contributed by atoms with E-state index >= 15 is 0 Å². The highest BCUT2D eigenvalue weighted by Gasteiger charge is 2.25. The Labute approximate surface area is 119 Å². The molecule has 2 saturated heterocycles. The smallest absolute Gasteiger partial charge is 0.179 e. The van der Waals surface area contributed by atoms with Crippen molar-refractivity contribution in [2.45, 2.75) is 37.5 Å². The first-order valence-corrected chi connectivity index (χ1v) is 7.49. The molecule has 2 N–H and O–H groups in total. The second-order valence-electron chi connectivity index (χ2n) is 5.79. The number of H-pyrrole nitrogens is 1. The van der Waals surface area contributed by atoms with Crippen molar-refractivity contribution in [3.63, 3.8) is 0 Å². The Morgan fingerprint density at radius 3 is 2.60 bits per heavy atom. The molecule has 2 fully saturated rings. The van der Waals surface area contributed by atoms with Crippen LogP contribution in [0.25, 0.3) is 0 Å². The van der Waals surface area contributed by atoms with Crippen LogP contribution in [-0.4, -0.2) is 46.3 Å². The topological polar surface area (TPSA) is 61.4 Å². The number of nitrogens with zero attached hydrogens (tertiary/aromatic N) is 2. The molecule has 3 heterocycles. The number of rotatable bonds is 3. The number of aliphatic hydroxyl groups is 1. The summed E-state index contributed by atoms with van der Waals surface area (Å²) in [4.78, 5) is 10.0. The number of ether oxygens (including phenoxy) is 1. The van der Waals surface area contributed by atoms with Crippen LogP contribution in [0.5, 0.6) is 0 Å². The molecule has 20 heavy (non-hydrogen) atoms. The summed E-state index contributed by atoms with van der Waals surface area (Å²) < 4.78 is 5.41. The minimum atomic E-state index is 0.186. The zero-order valence-corrected chi connectivity index (χ0v) is 11.8. The molecule has 1 aromatic heterocycles. The van der Waals surface area contributed by atoms with Gasteiger partial charge < -0.3 is 19.7 Å². The van der Waals surface area contributed by atoms with Crippen molar-refractivity contribution >= 4 is 0 Å². The lowest BCUT2D eigenvalue weighted by atomic mass is 9.95. The molecule has 5 nitrogen and oxygen atoms in total. The van der Waals surface area contributed by atoms with Crippen LogP contribution in [0.1, 0.15) is 49.0 Å². The number of imidazole rings is 1. The number of aliphatic hydroxyl groups excluding tert-OH is 1. The second kappa shape index (κ2) is 5.87. The summed E-state index contributed by atoms with van der Waals surface area (Å²) in [6.45, 7) is 7.01. The Bertz CT molecular complexity index is 457. The van der Waals surface area contributed by atoms with Crippen LogP contribution in [0.2, 0.25) is 0 Å². The van der Waals surface area contributed by atoms with E-state index in [9.17, 15) is 5.11 Å². The van der Waals surface area contributed by atoms with E-state index in [1.807, 2.05) is 11.1 Å². The number of hydrogen-bond donors (Lipinski definition) is 2. The highest BCUT2D eigenvalue weighted by atomic mass is 16.5. The van der Waals surface area contributed by atoms with E-state index in [1.54, 1.807) is 0 Å². The molecule has 110 valence electrons. The van der Waals surface area contributed by atoms with Crippen LogP contribution in [-0.2, 0) is 4.74 Å². The fourth-order valence-electron chi connectivity index (χ4n) is 3.19. The van der Waals surface area contributed by atoms with Crippen LogP contribution in [0.4, 0.5) is 0 Å². The summed E-state index contributed by atoms with van der Waals surface area (Å²) in [6.07, 6.45) is 6.21. The molecular weight excluding hydrogens is 254 g/mol. The van der Waals surface area contributed by atoms with Gasteiger partial charge in [-0.15, -0.1) is 0 Å². The monoisotopic (exact) mass is 277 g/mol. The first-order chi connectivity index (χ1) is 9.74. The zero-order chi connectivity index (χ0) is 13.9. The maximum Gasteiger partial charge on any atom is 0.179 e. The average molecular weight is 277 g/mol. The molecule has 0 bridgehead atoms. The normalized spacial score (nSPS) is 22.1. The van der Waals surface area contributed by atoms with Crippen molar-refractivity contribution in [1.29, 1.82) is 0 Å². The Morgan fingerprint density at radius 1 is 1.25 bits per heavy atom. The SMILES string of the molecule is C=C(O)N1CCC(c2ncc(C3CCOCC3)[nH]2)CC1. The zero-order valence-electron chi connectivity index (χ0n) is 11.8. The summed E-state index contributed by atoms with van der Waals surface area (Å²) in [7, 11) is 0. The third-order valence-electron chi connectivity index (χ3n) is 4.52. The largest absolute Gasteiger partial charge is 0.495 e. The number of piperidine rings is 1. The highest BCUT2D eigenvalue weighted by Crippen LogP contribution is 2.30. The first-order valence-electron chi connectivity index (χ1n) is 7.49. The van der Waals surface area contributed by atoms with Gasteiger partial charge in [0.05, 0.1) is 0 Å². The summed E-state index contributed by atoms with van der Waals surface area (Å²) in [5.74, 6) is 2.34. The molecule has 0 atom stereocenters. The van der Waals surface area contributed by atoms with Gasteiger partial charge in [-0.3, -0.25) is 0 Å². The Kier molecular flexibility index (Phi) is 3.96. The minimum Gasteiger partial charge on any atom is -0.495 e. The van der Waals surface area contributed by atoms with Gasteiger partial charge in [-0.25, -0.2) is 4.98 Å². The Morgan fingerprint density at radius 2 is 1.95 bits per heavy atom. The molecule has 0 amide bonds. The number of hydrogen-bond acceptors (Lipinski definition) is 4. The van der Waals surface area contributed by atoms with E-state index in [1.165, 1.54) is 5.69 Å². The van der Waals surface area contributed by atoms with Gasteiger partial charge in [0, 0.05) is 50.0 Å². The Hall–Kier alpha value is -1.49. The van der Waals surface area contributed by atoms with Crippen molar-refractivity contribution in [3.8, 4) is 0 Å². The predicted octanol–water partition coefficient (Wildman–Crippen LogP) is 2.51. The summed E-state index contributed by atoms with van der Waals surface area (Å²) >= 11 is 0. The van der Waals surface area contributed by atoms with Gasteiger partial charge in [0.25, 0.3) is 0 Å². The van der Waals surface area contributed by atoms with E-state index in [2.05, 4.69) is 16.5 Å². The van der Waals surface area contributed by atoms with E-state index in [4.69, 9.17) is 4.74 Å². The predicted molar refractivity (Wildman–Crippen MR) is 76.7 cm³/mol. The lowest BCUT2D eigenvalue weighted by molar-refractivity contribution is 0.0845. The molecule has 0 spiro atoms. The van der Waals surface area contributed by atoms with Gasteiger partial charge in [0.2, 0.25) is 0 Å². The van der Waals surface area contributed by atoms with Crippen LogP contribution in [0.15, 0.2) is 18.7 Å². The Balaban J connectivity index is 1.61. The van der Waals surface area contributed by atoms with Gasteiger partial charge in [-0.2, -0.15) is 0 Å². The fourth-order valence-corrected chi connectivity index (χ4v) is 3.19. The lowest BCUT2D eigenvalue weighted by Gasteiger charge is -2.31. The van der Waals surface area contributed by atoms with Crippen molar-refractivity contribution < 1.29 is 9.84 Å². The van der Waals surface area contributed by atoms with Crippen LogP contribution in [0, 0.1) is 0 Å². The quantitative estimate of drug-likeness (QED) is 0.833.